The van der Waals surface area contributed by atoms with Crippen LogP contribution >= 0.6 is 23.2 Å². The van der Waals surface area contributed by atoms with Gasteiger partial charge in [-0.1, -0.05) is 35.3 Å². The molecular formula is C44H55Cl2N7O4. The van der Waals surface area contributed by atoms with Crippen LogP contribution in [0.25, 0.3) is 33.7 Å². The van der Waals surface area contributed by atoms with E-state index >= 15 is 0 Å². The predicted octanol–water partition coefficient (Wildman–Crippen LogP) is 8.36. The third-order valence-corrected chi connectivity index (χ3v) is 11.3. The number of aromatic nitrogens is 4. The van der Waals surface area contributed by atoms with Crippen LogP contribution in [0.5, 0.6) is 5.75 Å². The Morgan fingerprint density at radius 2 is 1.74 bits per heavy atom. The van der Waals surface area contributed by atoms with Crippen molar-refractivity contribution in [1.29, 1.82) is 0 Å². The van der Waals surface area contributed by atoms with Gasteiger partial charge < -0.3 is 24.9 Å². The highest BCUT2D eigenvalue weighted by atomic mass is 35.5. The highest BCUT2D eigenvalue weighted by molar-refractivity contribution is 6.34. The molecule has 3 heterocycles. The molecule has 1 aliphatic heterocycles. The smallest absolute Gasteiger partial charge is 0.150 e. The van der Waals surface area contributed by atoms with Crippen LogP contribution in [0, 0.1) is 27.7 Å². The number of nitrogens with zero attached hydrogens (tertiary/aromatic N) is 5. The summed E-state index contributed by atoms with van der Waals surface area (Å²) < 4.78 is 15.7. The van der Waals surface area contributed by atoms with Crippen LogP contribution in [-0.4, -0.2) is 96.6 Å². The van der Waals surface area contributed by atoms with Crippen molar-refractivity contribution in [1.82, 2.24) is 29.8 Å². The molecule has 0 radical (unpaired) electrons. The second-order valence-corrected chi connectivity index (χ2v) is 15.4. The van der Waals surface area contributed by atoms with Crippen molar-refractivity contribution in [2.45, 2.75) is 60.0 Å². The SMILES string of the molecule is C=O.CNC[C@@H](C)Nc1c(/C(=C/c2cc(C=O)c3cn(CCN4CCOCC4)nc3c2)CCCOc2cc(C)c(Cl)c(C)c2)ccc(Cl)c1-c1c(C)nn(C)c1C. The lowest BCUT2D eigenvalue weighted by atomic mass is 9.91. The molecule has 1 fully saturated rings. The van der Waals surface area contributed by atoms with Crippen molar-refractivity contribution >= 4 is 64.5 Å². The zero-order chi connectivity index (χ0) is 41.2. The molecule has 3 aromatic carbocycles. The number of aryl methyl sites for hydroxylation is 4. The summed E-state index contributed by atoms with van der Waals surface area (Å²) >= 11 is 13.6. The van der Waals surface area contributed by atoms with Crippen molar-refractivity contribution in [3.05, 3.63) is 91.8 Å². The van der Waals surface area contributed by atoms with E-state index in [2.05, 4.69) is 47.6 Å². The standard InChI is InChI=1S/C43H53Cl2N7O3.CH2O/c1-27-19-35(20-28(2)42(27)45)55-16-8-9-33(21-32-22-34(26-53)37-25-52(49-39(37)23-32)13-12-51-14-17-54-18-15-51)36-10-11-38(44)41(43(36)47-29(3)24-46-6)40-30(4)48-50(7)31(40)5;1-2/h10-11,19-23,25-26,29,46-47H,8-9,12-18,24H2,1-7H3;1H2/b33-21+;/t29-;/m1./s1. The van der Waals surface area contributed by atoms with Crippen LogP contribution in [-0.2, 0) is 23.1 Å². The molecular weight excluding hydrogens is 761 g/mol. The molecule has 1 saturated heterocycles. The monoisotopic (exact) mass is 815 g/mol. The molecule has 0 amide bonds. The van der Waals surface area contributed by atoms with Crippen molar-refractivity contribution in [3.8, 4) is 16.9 Å². The van der Waals surface area contributed by atoms with Crippen LogP contribution in [0.15, 0.2) is 42.6 Å². The molecule has 0 aliphatic carbocycles. The number of likely N-dealkylation sites (N-methyl/N-ethyl adjacent to an activating group) is 1. The highest BCUT2D eigenvalue weighted by Gasteiger charge is 2.24. The quantitative estimate of drug-likeness (QED) is 0.0576. The van der Waals surface area contributed by atoms with Crippen molar-refractivity contribution in [3.63, 3.8) is 0 Å². The topological polar surface area (TPSA) is 116 Å². The van der Waals surface area contributed by atoms with Gasteiger partial charge >= 0.3 is 0 Å². The third-order valence-electron chi connectivity index (χ3n) is 10.4. The number of hydrogen-bond donors (Lipinski definition) is 2. The maximum atomic E-state index is 12.6. The summed E-state index contributed by atoms with van der Waals surface area (Å²) in [5, 5.41) is 19.1. The zero-order valence-electron chi connectivity index (χ0n) is 34.2. The Hall–Kier alpha value is -4.52. The van der Waals surface area contributed by atoms with Gasteiger partial charge in [0.2, 0.25) is 0 Å². The Morgan fingerprint density at radius 3 is 2.39 bits per heavy atom. The predicted molar refractivity (Wildman–Crippen MR) is 233 cm³/mol. The lowest BCUT2D eigenvalue weighted by Crippen LogP contribution is -2.38. The van der Waals surface area contributed by atoms with Crippen molar-refractivity contribution < 1.29 is 19.1 Å². The van der Waals surface area contributed by atoms with Gasteiger partial charge in [-0.15, -0.1) is 0 Å². The molecule has 6 rings (SSSR count). The molecule has 13 heteroatoms. The number of halogens is 2. The van der Waals surface area contributed by atoms with E-state index in [1.165, 1.54) is 0 Å². The molecule has 1 atom stereocenters. The van der Waals surface area contributed by atoms with Crippen molar-refractivity contribution in [2.75, 3.05) is 58.4 Å². The number of morpholine rings is 1. The first-order valence-electron chi connectivity index (χ1n) is 19.4. The van der Waals surface area contributed by atoms with Gasteiger partial charge in [-0.2, -0.15) is 10.2 Å². The average Bonchev–Trinajstić information content (AvgIpc) is 3.73. The van der Waals surface area contributed by atoms with Crippen molar-refractivity contribution in [2.24, 2.45) is 7.05 Å². The van der Waals surface area contributed by atoms with Crippen LogP contribution in [0.1, 0.15) is 63.8 Å². The van der Waals surface area contributed by atoms with Gasteiger partial charge in [-0.3, -0.25) is 19.1 Å². The first-order valence-corrected chi connectivity index (χ1v) is 20.1. The largest absolute Gasteiger partial charge is 0.494 e. The van der Waals surface area contributed by atoms with Gasteiger partial charge in [0, 0.05) is 83.8 Å². The number of aldehydes is 1. The fourth-order valence-corrected chi connectivity index (χ4v) is 7.85. The lowest BCUT2D eigenvalue weighted by Gasteiger charge is -2.26. The van der Waals surface area contributed by atoms with E-state index in [4.69, 9.17) is 47.7 Å². The molecule has 304 valence electrons. The maximum Gasteiger partial charge on any atom is 0.150 e. The van der Waals surface area contributed by atoms with Crippen LogP contribution in [0.2, 0.25) is 10.0 Å². The van der Waals surface area contributed by atoms with Gasteiger partial charge in [-0.05, 0) is 107 Å². The Bertz CT molecular complexity index is 2180. The summed E-state index contributed by atoms with van der Waals surface area (Å²) in [7, 11) is 3.91. The number of allylic oxidation sites excluding steroid dienone is 1. The highest BCUT2D eigenvalue weighted by Crippen LogP contribution is 2.44. The molecule has 0 unspecified atom stereocenters. The van der Waals surface area contributed by atoms with Gasteiger partial charge in [0.25, 0.3) is 0 Å². The minimum atomic E-state index is 0.0821. The third kappa shape index (κ3) is 10.5. The van der Waals surface area contributed by atoms with Gasteiger partial charge in [-0.25, -0.2) is 0 Å². The van der Waals surface area contributed by atoms with E-state index in [0.29, 0.717) is 23.6 Å². The molecule has 2 N–H and O–H groups in total. The second kappa shape index (κ2) is 20.3. The van der Waals surface area contributed by atoms with E-state index in [1.54, 1.807) is 0 Å². The van der Waals surface area contributed by atoms with E-state index in [-0.39, 0.29) is 6.04 Å². The minimum absolute atomic E-state index is 0.0821. The number of hydrogen-bond acceptors (Lipinski definition) is 9. The first kappa shape index (κ1) is 43.6. The summed E-state index contributed by atoms with van der Waals surface area (Å²) in [5.41, 5.74) is 11.2. The van der Waals surface area contributed by atoms with E-state index in [9.17, 15) is 4.79 Å². The van der Waals surface area contributed by atoms with Gasteiger partial charge in [0.05, 0.1) is 48.3 Å². The average molecular weight is 817 g/mol. The Kier molecular flexibility index (Phi) is 15.5. The van der Waals surface area contributed by atoms with Gasteiger partial charge in [0.1, 0.15) is 12.5 Å². The number of rotatable bonds is 16. The Labute approximate surface area is 346 Å². The summed E-state index contributed by atoms with van der Waals surface area (Å²) in [5.74, 6) is 0.801. The fourth-order valence-electron chi connectivity index (χ4n) is 7.49. The molecule has 11 nitrogen and oxygen atoms in total. The molecule has 2 aromatic heterocycles. The van der Waals surface area contributed by atoms with Crippen LogP contribution < -0.4 is 15.4 Å². The first-order chi connectivity index (χ1) is 27.5. The van der Waals surface area contributed by atoms with Crippen LogP contribution in [0.4, 0.5) is 5.69 Å². The number of carbonyl (C=O) groups is 2. The normalized spacial score (nSPS) is 14.0. The van der Waals surface area contributed by atoms with Crippen LogP contribution in [0.3, 0.4) is 0 Å². The van der Waals surface area contributed by atoms with Gasteiger partial charge in [0.15, 0.2) is 6.29 Å². The van der Waals surface area contributed by atoms with E-state index < -0.39 is 0 Å². The molecule has 0 saturated carbocycles. The Balaban J connectivity index is 0.00000305. The van der Waals surface area contributed by atoms with E-state index in [1.807, 2.05) is 81.5 Å². The lowest BCUT2D eigenvalue weighted by molar-refractivity contribution is -0.0980. The number of ether oxygens (including phenoxy) is 2. The number of anilines is 1. The van der Waals surface area contributed by atoms with E-state index in [0.717, 1.165) is 136 Å². The Morgan fingerprint density at radius 1 is 1.02 bits per heavy atom. The summed E-state index contributed by atoms with van der Waals surface area (Å²) in [6, 6.07) is 12.2. The number of fused-ring (bicyclic) bond motifs is 1. The summed E-state index contributed by atoms with van der Waals surface area (Å²) in [6.07, 6.45) is 6.52. The zero-order valence-corrected chi connectivity index (χ0v) is 35.7. The maximum absolute atomic E-state index is 12.6. The number of nitrogens with one attached hydrogen (secondary N) is 2. The number of benzene rings is 3. The molecule has 5 aromatic rings. The molecule has 57 heavy (non-hydrogen) atoms. The second-order valence-electron chi connectivity index (χ2n) is 14.6. The summed E-state index contributed by atoms with van der Waals surface area (Å²) in [6.45, 7) is 18.4. The summed E-state index contributed by atoms with van der Waals surface area (Å²) in [4.78, 5) is 22.9. The molecule has 0 spiro atoms. The minimum Gasteiger partial charge on any atom is -0.494 e. The molecule has 1 aliphatic rings. The number of carbonyl (C=O) groups excluding carboxylic acids is 2. The fraction of sp³-hybridized carbons (Fsp3) is 0.409. The molecule has 0 bridgehead atoms.